The molecule has 0 amide bonds. The predicted molar refractivity (Wildman–Crippen MR) is 77.5 cm³/mol. The zero-order chi connectivity index (χ0) is 15.6. The Morgan fingerprint density at radius 3 is 2.10 bits per heavy atom. The van der Waals surface area contributed by atoms with Crippen molar-refractivity contribution < 1.29 is 13.2 Å². The smallest absolute Gasteiger partial charge is 0.134 e. The van der Waals surface area contributed by atoms with E-state index in [9.17, 15) is 13.2 Å². The zero-order valence-electron chi connectivity index (χ0n) is 12.1. The average molecular weight is 293 g/mol. The van der Waals surface area contributed by atoms with E-state index in [0.717, 1.165) is 17.5 Å². The van der Waals surface area contributed by atoms with Gasteiger partial charge < -0.3 is 5.73 Å². The van der Waals surface area contributed by atoms with Gasteiger partial charge in [0.15, 0.2) is 0 Å². The van der Waals surface area contributed by atoms with Crippen LogP contribution < -0.4 is 5.73 Å². The molecule has 0 aliphatic carbocycles. The van der Waals surface area contributed by atoms with Crippen LogP contribution in [-0.2, 0) is 12.8 Å². The SMILES string of the molecule is CCc1ccc(CC)c(C(N)c2c(F)cc(F)cc2F)c1. The van der Waals surface area contributed by atoms with Crippen LogP contribution in [0.15, 0.2) is 30.3 Å². The summed E-state index contributed by atoms with van der Waals surface area (Å²) in [6, 6.07) is 6.14. The Bertz CT molecular complexity index is 629. The molecule has 1 atom stereocenters. The Morgan fingerprint density at radius 1 is 0.952 bits per heavy atom. The van der Waals surface area contributed by atoms with Crippen molar-refractivity contribution in [3.63, 3.8) is 0 Å². The van der Waals surface area contributed by atoms with Crippen LogP contribution in [0.5, 0.6) is 0 Å². The van der Waals surface area contributed by atoms with Gasteiger partial charge in [-0.25, -0.2) is 13.2 Å². The van der Waals surface area contributed by atoms with Gasteiger partial charge in [-0.3, -0.25) is 0 Å². The number of benzene rings is 2. The van der Waals surface area contributed by atoms with Gasteiger partial charge in [-0.2, -0.15) is 0 Å². The van der Waals surface area contributed by atoms with E-state index in [1.807, 2.05) is 32.0 Å². The number of hydrogen-bond acceptors (Lipinski definition) is 1. The molecule has 2 aromatic rings. The van der Waals surface area contributed by atoms with Crippen LogP contribution >= 0.6 is 0 Å². The fourth-order valence-electron chi connectivity index (χ4n) is 2.48. The van der Waals surface area contributed by atoms with E-state index >= 15 is 0 Å². The Kier molecular flexibility index (Phi) is 4.68. The van der Waals surface area contributed by atoms with Crippen LogP contribution in [0.25, 0.3) is 0 Å². The second-order valence-corrected chi connectivity index (χ2v) is 5.00. The number of hydrogen-bond donors (Lipinski definition) is 1. The highest BCUT2D eigenvalue weighted by Crippen LogP contribution is 2.29. The highest BCUT2D eigenvalue weighted by atomic mass is 19.1. The van der Waals surface area contributed by atoms with Gasteiger partial charge in [0.25, 0.3) is 0 Å². The number of aryl methyl sites for hydroxylation is 2. The maximum Gasteiger partial charge on any atom is 0.134 e. The molecule has 0 aromatic heterocycles. The van der Waals surface area contributed by atoms with Crippen LogP contribution in [0.2, 0.25) is 0 Å². The van der Waals surface area contributed by atoms with Crippen LogP contribution in [0.4, 0.5) is 13.2 Å². The third kappa shape index (κ3) is 3.10. The van der Waals surface area contributed by atoms with Gasteiger partial charge in [0.1, 0.15) is 17.5 Å². The lowest BCUT2D eigenvalue weighted by Crippen LogP contribution is -2.18. The fraction of sp³-hybridized carbons (Fsp3) is 0.294. The van der Waals surface area contributed by atoms with Crippen molar-refractivity contribution in [2.24, 2.45) is 5.73 Å². The lowest BCUT2D eigenvalue weighted by molar-refractivity contribution is 0.514. The van der Waals surface area contributed by atoms with Crippen LogP contribution in [0.3, 0.4) is 0 Å². The molecule has 0 aliphatic heterocycles. The van der Waals surface area contributed by atoms with Crippen molar-refractivity contribution in [3.05, 3.63) is 70.0 Å². The molecule has 2 aromatic carbocycles. The molecule has 0 heterocycles. The number of nitrogens with two attached hydrogens (primary N) is 1. The van der Waals surface area contributed by atoms with Crippen molar-refractivity contribution in [2.45, 2.75) is 32.7 Å². The van der Waals surface area contributed by atoms with Crippen molar-refractivity contribution in [1.82, 2.24) is 0 Å². The molecule has 0 spiro atoms. The fourth-order valence-corrected chi connectivity index (χ4v) is 2.48. The van der Waals surface area contributed by atoms with E-state index < -0.39 is 23.5 Å². The average Bonchev–Trinajstić information content (AvgIpc) is 2.45. The molecule has 112 valence electrons. The number of rotatable bonds is 4. The van der Waals surface area contributed by atoms with Crippen molar-refractivity contribution in [2.75, 3.05) is 0 Å². The van der Waals surface area contributed by atoms with E-state index in [4.69, 9.17) is 5.73 Å². The van der Waals surface area contributed by atoms with Gasteiger partial charge in [-0.05, 0) is 29.5 Å². The molecule has 0 bridgehead atoms. The second kappa shape index (κ2) is 6.31. The van der Waals surface area contributed by atoms with Gasteiger partial charge in [-0.15, -0.1) is 0 Å². The maximum atomic E-state index is 13.9. The molecule has 2 rings (SSSR count). The van der Waals surface area contributed by atoms with E-state index in [-0.39, 0.29) is 5.56 Å². The third-order valence-electron chi connectivity index (χ3n) is 3.69. The first-order valence-electron chi connectivity index (χ1n) is 6.99. The van der Waals surface area contributed by atoms with Crippen LogP contribution in [0, 0.1) is 17.5 Å². The summed E-state index contributed by atoms with van der Waals surface area (Å²) in [5, 5.41) is 0. The zero-order valence-corrected chi connectivity index (χ0v) is 12.1. The summed E-state index contributed by atoms with van der Waals surface area (Å²) in [4.78, 5) is 0. The maximum absolute atomic E-state index is 13.9. The normalized spacial score (nSPS) is 12.5. The summed E-state index contributed by atoms with van der Waals surface area (Å²) in [6.45, 7) is 3.95. The summed E-state index contributed by atoms with van der Waals surface area (Å²) in [6.07, 6.45) is 1.51. The minimum absolute atomic E-state index is 0.292. The molecule has 2 N–H and O–H groups in total. The number of halogens is 3. The van der Waals surface area contributed by atoms with Gasteiger partial charge >= 0.3 is 0 Å². The first-order valence-corrected chi connectivity index (χ1v) is 6.99. The molecule has 0 saturated carbocycles. The highest BCUT2D eigenvalue weighted by molar-refractivity contribution is 5.41. The molecule has 0 radical (unpaired) electrons. The Balaban J connectivity index is 2.56. The van der Waals surface area contributed by atoms with E-state index in [2.05, 4.69) is 0 Å². The molecule has 0 aliphatic rings. The van der Waals surface area contributed by atoms with E-state index in [1.165, 1.54) is 0 Å². The third-order valence-corrected chi connectivity index (χ3v) is 3.69. The Hall–Kier alpha value is -1.81. The quantitative estimate of drug-likeness (QED) is 0.894. The first kappa shape index (κ1) is 15.6. The standard InChI is InChI=1S/C17H18F3N/c1-3-10-5-6-11(4-2)13(7-10)17(21)16-14(19)8-12(18)9-15(16)20/h5-9,17H,3-4,21H2,1-2H3. The topological polar surface area (TPSA) is 26.0 Å². The van der Waals surface area contributed by atoms with E-state index in [1.54, 1.807) is 0 Å². The molecule has 21 heavy (non-hydrogen) atoms. The summed E-state index contributed by atoms with van der Waals surface area (Å²) >= 11 is 0. The molecule has 1 unspecified atom stereocenters. The Labute approximate surface area is 122 Å². The van der Waals surface area contributed by atoms with Gasteiger partial charge in [0.2, 0.25) is 0 Å². The first-order chi connectivity index (χ1) is 9.97. The minimum atomic E-state index is -0.955. The summed E-state index contributed by atoms with van der Waals surface area (Å²) in [5.41, 5.74) is 8.43. The molecule has 4 heteroatoms. The largest absolute Gasteiger partial charge is 0.320 e. The molecular formula is C17H18F3N. The van der Waals surface area contributed by atoms with Crippen LogP contribution in [0.1, 0.15) is 42.1 Å². The van der Waals surface area contributed by atoms with Crippen molar-refractivity contribution >= 4 is 0 Å². The lowest BCUT2D eigenvalue weighted by Gasteiger charge is -2.19. The summed E-state index contributed by atoms with van der Waals surface area (Å²) < 4.78 is 40.8. The molecule has 0 fully saturated rings. The monoisotopic (exact) mass is 293 g/mol. The van der Waals surface area contributed by atoms with Gasteiger partial charge in [-0.1, -0.05) is 32.0 Å². The lowest BCUT2D eigenvalue weighted by atomic mass is 9.91. The molecular weight excluding hydrogens is 275 g/mol. The van der Waals surface area contributed by atoms with E-state index in [0.29, 0.717) is 24.1 Å². The molecule has 1 nitrogen and oxygen atoms in total. The molecule has 0 saturated heterocycles. The van der Waals surface area contributed by atoms with Crippen molar-refractivity contribution in [1.29, 1.82) is 0 Å². The highest BCUT2D eigenvalue weighted by Gasteiger charge is 2.21. The van der Waals surface area contributed by atoms with Crippen LogP contribution in [-0.4, -0.2) is 0 Å². The second-order valence-electron chi connectivity index (χ2n) is 5.00. The Morgan fingerprint density at radius 2 is 1.57 bits per heavy atom. The van der Waals surface area contributed by atoms with Gasteiger partial charge in [0, 0.05) is 17.7 Å². The predicted octanol–water partition coefficient (Wildman–Crippen LogP) is 4.28. The summed E-state index contributed by atoms with van der Waals surface area (Å²) in [7, 11) is 0. The minimum Gasteiger partial charge on any atom is -0.320 e. The summed E-state index contributed by atoms with van der Waals surface area (Å²) in [5.74, 6) is -2.85. The van der Waals surface area contributed by atoms with Gasteiger partial charge in [0.05, 0.1) is 6.04 Å². The van der Waals surface area contributed by atoms with Crippen molar-refractivity contribution in [3.8, 4) is 0 Å².